The number of nitrogens with zero attached hydrogens (tertiary/aromatic N) is 1. The molecule has 0 atom stereocenters. The molecule has 0 aliphatic carbocycles. The van der Waals surface area contributed by atoms with E-state index in [0.717, 1.165) is 10.4 Å². The van der Waals surface area contributed by atoms with E-state index in [1.54, 1.807) is 0 Å². The van der Waals surface area contributed by atoms with Crippen LogP contribution in [0, 0.1) is 12.3 Å². The van der Waals surface area contributed by atoms with Gasteiger partial charge in [-0.05, 0) is 24.6 Å². The van der Waals surface area contributed by atoms with E-state index in [4.69, 9.17) is 23.1 Å². The van der Waals surface area contributed by atoms with E-state index in [1.807, 2.05) is 6.92 Å². The minimum atomic E-state index is -3.92. The highest BCUT2D eigenvalue weighted by Crippen LogP contribution is 2.26. The fourth-order valence-electron chi connectivity index (χ4n) is 1.61. The molecule has 0 spiro atoms. The van der Waals surface area contributed by atoms with Gasteiger partial charge in [-0.1, -0.05) is 24.4 Å². The molecule has 0 bridgehead atoms. The smallest absolute Gasteiger partial charge is 0.335 e. The monoisotopic (exact) mass is 315 g/mol. The van der Waals surface area contributed by atoms with Crippen molar-refractivity contribution in [3.05, 3.63) is 28.8 Å². The summed E-state index contributed by atoms with van der Waals surface area (Å²) in [6.07, 6.45) is 5.75. The van der Waals surface area contributed by atoms with Crippen molar-refractivity contribution in [1.29, 1.82) is 0 Å². The number of aromatic carboxylic acids is 1. The molecule has 0 saturated heterocycles. The van der Waals surface area contributed by atoms with Gasteiger partial charge in [0.15, 0.2) is 0 Å². The molecule has 0 radical (unpaired) electrons. The molecule has 5 nitrogen and oxygen atoms in total. The molecule has 0 fully saturated rings. The molecule has 1 aromatic rings. The maximum atomic E-state index is 12.5. The van der Waals surface area contributed by atoms with Crippen molar-refractivity contribution in [2.45, 2.75) is 18.2 Å². The lowest BCUT2D eigenvalue weighted by atomic mass is 10.2. The first-order valence-corrected chi connectivity index (χ1v) is 7.62. The highest BCUT2D eigenvalue weighted by Gasteiger charge is 2.26. The van der Waals surface area contributed by atoms with Crippen molar-refractivity contribution in [1.82, 2.24) is 4.31 Å². The van der Waals surface area contributed by atoms with E-state index in [1.165, 1.54) is 12.1 Å². The van der Waals surface area contributed by atoms with Gasteiger partial charge in [-0.2, -0.15) is 4.31 Å². The van der Waals surface area contributed by atoms with E-state index in [9.17, 15) is 13.2 Å². The van der Waals surface area contributed by atoms with Crippen LogP contribution in [0.15, 0.2) is 23.1 Å². The molecule has 20 heavy (non-hydrogen) atoms. The molecule has 0 saturated carbocycles. The first-order chi connectivity index (χ1) is 9.34. The van der Waals surface area contributed by atoms with E-state index in [2.05, 4.69) is 5.92 Å². The van der Waals surface area contributed by atoms with Crippen LogP contribution in [0.4, 0.5) is 0 Å². The molecule has 1 N–H and O–H groups in total. The molecule has 1 rings (SSSR count). The maximum Gasteiger partial charge on any atom is 0.335 e. The Morgan fingerprint density at radius 3 is 2.65 bits per heavy atom. The first-order valence-electron chi connectivity index (χ1n) is 5.81. The summed E-state index contributed by atoms with van der Waals surface area (Å²) in [5.41, 5.74) is -0.148. The van der Waals surface area contributed by atoms with Crippen molar-refractivity contribution in [3.8, 4) is 12.3 Å². The van der Waals surface area contributed by atoms with Crippen LogP contribution < -0.4 is 0 Å². The minimum Gasteiger partial charge on any atom is -0.478 e. The lowest BCUT2D eigenvalue weighted by Gasteiger charge is -2.20. The van der Waals surface area contributed by atoms with Gasteiger partial charge < -0.3 is 5.11 Å². The van der Waals surface area contributed by atoms with Crippen molar-refractivity contribution in [3.63, 3.8) is 0 Å². The average molecular weight is 316 g/mol. The zero-order valence-electron chi connectivity index (χ0n) is 10.8. The topological polar surface area (TPSA) is 74.7 Å². The Hall–Kier alpha value is -1.55. The van der Waals surface area contributed by atoms with Crippen LogP contribution in [-0.2, 0) is 10.0 Å². The highest BCUT2D eigenvalue weighted by molar-refractivity contribution is 7.89. The van der Waals surface area contributed by atoms with Crippen LogP contribution in [0.2, 0.25) is 5.02 Å². The second-order valence-electron chi connectivity index (χ2n) is 3.99. The zero-order valence-corrected chi connectivity index (χ0v) is 12.4. The summed E-state index contributed by atoms with van der Waals surface area (Å²) in [5, 5.41) is 8.89. The molecular weight excluding hydrogens is 302 g/mol. The van der Waals surface area contributed by atoms with E-state index >= 15 is 0 Å². The van der Waals surface area contributed by atoms with Crippen LogP contribution in [0.5, 0.6) is 0 Å². The number of hydrogen-bond acceptors (Lipinski definition) is 3. The molecule has 7 heteroatoms. The summed E-state index contributed by atoms with van der Waals surface area (Å²) >= 11 is 5.88. The van der Waals surface area contributed by atoms with Gasteiger partial charge in [-0.15, -0.1) is 6.42 Å². The Labute approximate surface area is 123 Å². The van der Waals surface area contributed by atoms with Gasteiger partial charge in [0.05, 0.1) is 17.1 Å². The van der Waals surface area contributed by atoms with Gasteiger partial charge in [0.25, 0.3) is 0 Å². The number of hydrogen-bond donors (Lipinski definition) is 1. The molecule has 0 amide bonds. The fourth-order valence-corrected chi connectivity index (χ4v) is 3.55. The molecule has 0 aliphatic heterocycles. The van der Waals surface area contributed by atoms with Crippen molar-refractivity contribution >= 4 is 27.6 Å². The van der Waals surface area contributed by atoms with Crippen molar-refractivity contribution in [2.75, 3.05) is 13.1 Å². The number of sulfonamides is 1. The maximum absolute atomic E-state index is 12.5. The summed E-state index contributed by atoms with van der Waals surface area (Å²) in [6, 6.07) is 3.53. The Morgan fingerprint density at radius 2 is 2.15 bits per heavy atom. The van der Waals surface area contributed by atoms with Crippen LogP contribution in [0.25, 0.3) is 0 Å². The molecular formula is C13H14ClNO4S. The van der Waals surface area contributed by atoms with Crippen LogP contribution in [0.3, 0.4) is 0 Å². The fraction of sp³-hybridized carbons (Fsp3) is 0.308. The minimum absolute atomic E-state index is 0.0341. The van der Waals surface area contributed by atoms with Gasteiger partial charge in [0.1, 0.15) is 4.90 Å². The number of halogens is 1. The number of rotatable bonds is 6. The van der Waals surface area contributed by atoms with Crippen LogP contribution in [-0.4, -0.2) is 36.9 Å². The van der Waals surface area contributed by atoms with E-state index in [0.29, 0.717) is 6.42 Å². The van der Waals surface area contributed by atoms with Gasteiger partial charge >= 0.3 is 5.97 Å². The molecule has 1 aromatic carbocycles. The summed E-state index contributed by atoms with van der Waals surface area (Å²) in [6.45, 7) is 1.96. The first kappa shape index (κ1) is 16.5. The lowest BCUT2D eigenvalue weighted by Crippen LogP contribution is -2.32. The predicted molar refractivity (Wildman–Crippen MR) is 76.3 cm³/mol. The third kappa shape index (κ3) is 3.51. The largest absolute Gasteiger partial charge is 0.478 e. The number of terminal acetylenes is 1. The number of benzene rings is 1. The summed E-state index contributed by atoms with van der Waals surface area (Å²) < 4.78 is 26.0. The quantitative estimate of drug-likeness (QED) is 0.815. The predicted octanol–water partition coefficient (Wildman–Crippen LogP) is 2.07. The molecule has 0 aliphatic rings. The standard InChI is InChI=1S/C13H14ClNO4S/c1-3-7-15(8-4-2)20(18,19)12-9-10(13(16)17)5-6-11(12)14/h1,5-6,9H,4,7-8H2,2H3,(H,16,17). The van der Waals surface area contributed by atoms with Crippen LogP contribution >= 0.6 is 11.6 Å². The SMILES string of the molecule is C#CCN(CCC)S(=O)(=O)c1cc(C(=O)O)ccc1Cl. The number of carboxylic acid groups (broad SMARTS) is 1. The molecule has 108 valence electrons. The third-order valence-electron chi connectivity index (χ3n) is 2.54. The lowest BCUT2D eigenvalue weighted by molar-refractivity contribution is 0.0696. The van der Waals surface area contributed by atoms with Gasteiger partial charge in [-0.25, -0.2) is 13.2 Å². The Morgan fingerprint density at radius 1 is 1.50 bits per heavy atom. The van der Waals surface area contributed by atoms with E-state index < -0.39 is 16.0 Å². The second kappa shape index (κ2) is 6.75. The summed E-state index contributed by atoms with van der Waals surface area (Å²) in [4.78, 5) is 10.7. The summed E-state index contributed by atoms with van der Waals surface area (Å²) in [7, 11) is -3.92. The normalized spacial score (nSPS) is 11.3. The average Bonchev–Trinajstić information content (AvgIpc) is 2.38. The van der Waals surface area contributed by atoms with Crippen molar-refractivity contribution < 1.29 is 18.3 Å². The molecule has 0 heterocycles. The Bertz CT molecular complexity index is 649. The third-order valence-corrected chi connectivity index (χ3v) is 4.86. The Kier molecular flexibility index (Phi) is 5.57. The Balaban J connectivity index is 3.36. The molecule has 0 unspecified atom stereocenters. The number of carboxylic acids is 1. The summed E-state index contributed by atoms with van der Waals surface area (Å²) in [5.74, 6) is 1.05. The van der Waals surface area contributed by atoms with Gasteiger partial charge in [0, 0.05) is 6.54 Å². The zero-order chi connectivity index (χ0) is 15.3. The van der Waals surface area contributed by atoms with Gasteiger partial charge in [0.2, 0.25) is 10.0 Å². The van der Waals surface area contributed by atoms with Gasteiger partial charge in [-0.3, -0.25) is 0 Å². The second-order valence-corrected chi connectivity index (χ2v) is 6.31. The highest BCUT2D eigenvalue weighted by atomic mass is 35.5. The van der Waals surface area contributed by atoms with E-state index in [-0.39, 0.29) is 28.6 Å². The van der Waals surface area contributed by atoms with Crippen molar-refractivity contribution in [2.24, 2.45) is 0 Å². The number of carbonyl (C=O) groups is 1. The molecule has 0 aromatic heterocycles. The van der Waals surface area contributed by atoms with Crippen LogP contribution in [0.1, 0.15) is 23.7 Å².